The second-order valence-electron chi connectivity index (χ2n) is 7.02. The summed E-state index contributed by atoms with van der Waals surface area (Å²) in [7, 11) is 0. The summed E-state index contributed by atoms with van der Waals surface area (Å²) < 4.78 is 6.43. The van der Waals surface area contributed by atoms with Crippen molar-refractivity contribution in [2.24, 2.45) is 5.92 Å². The first-order valence-electron chi connectivity index (χ1n) is 10.3. The molecule has 0 rings (SSSR count). The topological polar surface area (TPSA) is 9.23 Å². The highest BCUT2D eigenvalue weighted by atomic mass is 16.5. The molecule has 0 aromatic heterocycles. The third kappa shape index (κ3) is 8.56. The van der Waals surface area contributed by atoms with Crippen molar-refractivity contribution >= 4 is 0 Å². The molecule has 134 valence electrons. The molecule has 0 spiro atoms. The molecule has 0 aliphatic carbocycles. The molecule has 1 nitrogen and oxygen atoms in total. The van der Waals surface area contributed by atoms with Crippen molar-refractivity contribution in [2.45, 2.75) is 124 Å². The van der Waals surface area contributed by atoms with Crippen molar-refractivity contribution < 1.29 is 4.74 Å². The Morgan fingerprint density at radius 3 is 1.73 bits per heavy atom. The monoisotopic (exact) mass is 312 g/mol. The molecule has 0 aromatic rings. The summed E-state index contributed by atoms with van der Waals surface area (Å²) in [6.07, 6.45) is 17.3. The molecular formula is C21H44O. The van der Waals surface area contributed by atoms with Crippen LogP contribution in [0.25, 0.3) is 0 Å². The van der Waals surface area contributed by atoms with Gasteiger partial charge in [-0.15, -0.1) is 0 Å². The lowest BCUT2D eigenvalue weighted by molar-refractivity contribution is -0.0982. The fraction of sp³-hybridized carbons (Fsp3) is 1.00. The van der Waals surface area contributed by atoms with E-state index in [2.05, 4.69) is 34.6 Å². The molecule has 1 heteroatoms. The van der Waals surface area contributed by atoms with Crippen molar-refractivity contribution in [3.8, 4) is 0 Å². The van der Waals surface area contributed by atoms with Gasteiger partial charge in [0.1, 0.15) is 0 Å². The van der Waals surface area contributed by atoms with Gasteiger partial charge in [0.2, 0.25) is 0 Å². The Kier molecular flexibility index (Phi) is 14.5. The van der Waals surface area contributed by atoms with Crippen LogP contribution in [0.15, 0.2) is 0 Å². The first-order valence-corrected chi connectivity index (χ1v) is 10.3. The van der Waals surface area contributed by atoms with Gasteiger partial charge in [-0.25, -0.2) is 0 Å². The van der Waals surface area contributed by atoms with E-state index in [1.807, 2.05) is 0 Å². The molecule has 1 unspecified atom stereocenters. The third-order valence-corrected chi connectivity index (χ3v) is 5.35. The fourth-order valence-electron chi connectivity index (χ4n) is 3.75. The van der Waals surface area contributed by atoms with Gasteiger partial charge in [0.05, 0.1) is 5.60 Å². The molecule has 0 aliphatic heterocycles. The molecule has 0 fully saturated rings. The number of hydrogen-bond donors (Lipinski definition) is 0. The van der Waals surface area contributed by atoms with E-state index in [1.54, 1.807) is 0 Å². The summed E-state index contributed by atoms with van der Waals surface area (Å²) in [4.78, 5) is 0. The Morgan fingerprint density at radius 1 is 0.636 bits per heavy atom. The standard InChI is InChI=1S/C21H44O/c1-6-11-13-14-15-16-18-20(17-12-7-2)21(9-4,10-5)22-19-8-3/h20H,6-19H2,1-5H3. The number of hydrogen-bond acceptors (Lipinski definition) is 1. The van der Waals surface area contributed by atoms with Gasteiger partial charge in [-0.2, -0.15) is 0 Å². The van der Waals surface area contributed by atoms with Crippen LogP contribution in [0.4, 0.5) is 0 Å². The van der Waals surface area contributed by atoms with Crippen LogP contribution in [-0.2, 0) is 4.74 Å². The van der Waals surface area contributed by atoms with Crippen LogP contribution in [0.1, 0.15) is 118 Å². The Labute approximate surface area is 141 Å². The van der Waals surface area contributed by atoms with Gasteiger partial charge < -0.3 is 4.74 Å². The van der Waals surface area contributed by atoms with Crippen LogP contribution in [0, 0.1) is 5.92 Å². The molecule has 22 heavy (non-hydrogen) atoms. The number of ether oxygens (including phenoxy) is 1. The van der Waals surface area contributed by atoms with Crippen LogP contribution in [0.2, 0.25) is 0 Å². The number of rotatable bonds is 16. The lowest BCUT2D eigenvalue weighted by Crippen LogP contribution is -2.40. The zero-order chi connectivity index (χ0) is 16.7. The molecule has 0 aliphatic rings. The van der Waals surface area contributed by atoms with Gasteiger partial charge in [-0.3, -0.25) is 0 Å². The predicted octanol–water partition coefficient (Wildman–Crippen LogP) is 7.53. The van der Waals surface area contributed by atoms with Crippen LogP contribution in [0.5, 0.6) is 0 Å². The van der Waals surface area contributed by atoms with E-state index in [1.165, 1.54) is 77.0 Å². The van der Waals surface area contributed by atoms with Crippen molar-refractivity contribution in [3.05, 3.63) is 0 Å². The molecule has 0 aromatic carbocycles. The lowest BCUT2D eigenvalue weighted by atomic mass is 9.76. The van der Waals surface area contributed by atoms with Crippen molar-refractivity contribution in [2.75, 3.05) is 6.61 Å². The molecule has 0 amide bonds. The van der Waals surface area contributed by atoms with Crippen molar-refractivity contribution in [3.63, 3.8) is 0 Å². The van der Waals surface area contributed by atoms with Crippen LogP contribution >= 0.6 is 0 Å². The minimum absolute atomic E-state index is 0.147. The Bertz CT molecular complexity index is 220. The highest BCUT2D eigenvalue weighted by Gasteiger charge is 2.35. The summed E-state index contributed by atoms with van der Waals surface area (Å²) in [5, 5.41) is 0. The molecular weight excluding hydrogens is 268 g/mol. The maximum Gasteiger partial charge on any atom is 0.0705 e. The Balaban J connectivity index is 4.47. The Morgan fingerprint density at radius 2 is 1.18 bits per heavy atom. The molecule has 0 radical (unpaired) electrons. The molecule has 0 saturated carbocycles. The number of unbranched alkanes of at least 4 members (excludes halogenated alkanes) is 6. The average Bonchev–Trinajstić information content (AvgIpc) is 2.55. The summed E-state index contributed by atoms with van der Waals surface area (Å²) in [6, 6.07) is 0. The van der Waals surface area contributed by atoms with E-state index < -0.39 is 0 Å². The first kappa shape index (κ1) is 22.0. The second-order valence-corrected chi connectivity index (χ2v) is 7.02. The van der Waals surface area contributed by atoms with Gasteiger partial charge in [-0.1, -0.05) is 86.0 Å². The summed E-state index contributed by atoms with van der Waals surface area (Å²) in [6.45, 7) is 12.4. The lowest BCUT2D eigenvalue weighted by Gasteiger charge is -2.40. The molecule has 1 atom stereocenters. The van der Waals surface area contributed by atoms with Crippen LogP contribution in [0.3, 0.4) is 0 Å². The highest BCUT2D eigenvalue weighted by Crippen LogP contribution is 2.37. The van der Waals surface area contributed by atoms with Gasteiger partial charge in [0, 0.05) is 6.61 Å². The van der Waals surface area contributed by atoms with Gasteiger partial charge >= 0.3 is 0 Å². The van der Waals surface area contributed by atoms with Gasteiger partial charge in [-0.05, 0) is 38.0 Å². The zero-order valence-electron chi connectivity index (χ0n) is 16.4. The SMILES string of the molecule is CCCCCCCCC(CCCC)C(CC)(CC)OCCC. The molecule has 0 saturated heterocycles. The van der Waals surface area contributed by atoms with Gasteiger partial charge in [0.15, 0.2) is 0 Å². The molecule has 0 bridgehead atoms. The largest absolute Gasteiger partial charge is 0.375 e. The molecule has 0 N–H and O–H groups in total. The maximum absolute atomic E-state index is 6.43. The minimum Gasteiger partial charge on any atom is -0.375 e. The van der Waals surface area contributed by atoms with E-state index in [0.29, 0.717) is 0 Å². The van der Waals surface area contributed by atoms with E-state index >= 15 is 0 Å². The van der Waals surface area contributed by atoms with E-state index in [9.17, 15) is 0 Å². The first-order chi connectivity index (χ1) is 10.7. The Hall–Kier alpha value is -0.0400. The van der Waals surface area contributed by atoms with Crippen LogP contribution < -0.4 is 0 Å². The maximum atomic E-state index is 6.43. The average molecular weight is 313 g/mol. The predicted molar refractivity (Wildman–Crippen MR) is 101 cm³/mol. The quantitative estimate of drug-likeness (QED) is 0.268. The highest BCUT2D eigenvalue weighted by molar-refractivity contribution is 4.86. The van der Waals surface area contributed by atoms with Gasteiger partial charge in [0.25, 0.3) is 0 Å². The fourth-order valence-corrected chi connectivity index (χ4v) is 3.75. The van der Waals surface area contributed by atoms with Crippen LogP contribution in [-0.4, -0.2) is 12.2 Å². The zero-order valence-corrected chi connectivity index (χ0v) is 16.4. The van der Waals surface area contributed by atoms with E-state index in [-0.39, 0.29) is 5.60 Å². The second kappa shape index (κ2) is 14.5. The van der Waals surface area contributed by atoms with Crippen molar-refractivity contribution in [1.82, 2.24) is 0 Å². The third-order valence-electron chi connectivity index (χ3n) is 5.35. The normalized spacial score (nSPS) is 13.5. The smallest absolute Gasteiger partial charge is 0.0705 e. The van der Waals surface area contributed by atoms with E-state index in [0.717, 1.165) is 18.9 Å². The summed E-state index contributed by atoms with van der Waals surface area (Å²) in [5.74, 6) is 0.764. The van der Waals surface area contributed by atoms with E-state index in [4.69, 9.17) is 4.74 Å². The summed E-state index contributed by atoms with van der Waals surface area (Å²) >= 11 is 0. The molecule has 0 heterocycles. The summed E-state index contributed by atoms with van der Waals surface area (Å²) in [5.41, 5.74) is 0.147. The minimum atomic E-state index is 0.147. The van der Waals surface area contributed by atoms with Crippen molar-refractivity contribution in [1.29, 1.82) is 0 Å².